The molecule has 2 nitrogen and oxygen atoms in total. The SMILES string of the molecule is COC(OC)C(C)(CCC(C)CCCC(C)C)C(C)C. The van der Waals surface area contributed by atoms with E-state index < -0.39 is 0 Å². The first-order valence-corrected chi connectivity index (χ1v) is 8.33. The molecule has 0 aromatic heterocycles. The highest BCUT2D eigenvalue weighted by Gasteiger charge is 2.37. The normalized spacial score (nSPS) is 16.9. The van der Waals surface area contributed by atoms with Crippen LogP contribution < -0.4 is 0 Å². The molecule has 0 bridgehead atoms. The van der Waals surface area contributed by atoms with Crippen LogP contribution in [0.15, 0.2) is 0 Å². The Bertz CT molecular complexity index is 234. The predicted octanol–water partition coefficient (Wildman–Crippen LogP) is 5.51. The molecule has 20 heavy (non-hydrogen) atoms. The van der Waals surface area contributed by atoms with Gasteiger partial charge >= 0.3 is 0 Å². The second kappa shape index (κ2) is 9.78. The summed E-state index contributed by atoms with van der Waals surface area (Å²) in [4.78, 5) is 0. The van der Waals surface area contributed by atoms with Gasteiger partial charge < -0.3 is 9.47 Å². The Hall–Kier alpha value is -0.0800. The molecule has 0 aliphatic heterocycles. The van der Waals surface area contributed by atoms with Gasteiger partial charge in [0.05, 0.1) is 0 Å². The zero-order valence-corrected chi connectivity index (χ0v) is 15.2. The van der Waals surface area contributed by atoms with E-state index in [1.54, 1.807) is 14.2 Å². The third-order valence-corrected chi connectivity index (χ3v) is 4.94. The molecule has 0 aliphatic rings. The van der Waals surface area contributed by atoms with Crippen molar-refractivity contribution in [3.8, 4) is 0 Å². The van der Waals surface area contributed by atoms with E-state index in [9.17, 15) is 0 Å². The summed E-state index contributed by atoms with van der Waals surface area (Å²) in [5, 5.41) is 0. The van der Waals surface area contributed by atoms with E-state index in [2.05, 4.69) is 41.5 Å². The fraction of sp³-hybridized carbons (Fsp3) is 1.00. The first kappa shape index (κ1) is 19.9. The summed E-state index contributed by atoms with van der Waals surface area (Å²) >= 11 is 0. The van der Waals surface area contributed by atoms with Crippen LogP contribution in [0.1, 0.15) is 73.6 Å². The molecule has 0 fully saturated rings. The Morgan fingerprint density at radius 2 is 1.40 bits per heavy atom. The molecule has 2 unspecified atom stereocenters. The molecule has 0 aromatic carbocycles. The van der Waals surface area contributed by atoms with Gasteiger partial charge in [-0.2, -0.15) is 0 Å². The molecule has 0 amide bonds. The van der Waals surface area contributed by atoms with Crippen LogP contribution in [0.2, 0.25) is 0 Å². The first-order valence-electron chi connectivity index (χ1n) is 8.33. The lowest BCUT2D eigenvalue weighted by Gasteiger charge is -2.40. The third-order valence-electron chi connectivity index (χ3n) is 4.94. The minimum absolute atomic E-state index is 0.0931. The Labute approximate surface area is 127 Å². The van der Waals surface area contributed by atoms with Gasteiger partial charge in [0.25, 0.3) is 0 Å². The van der Waals surface area contributed by atoms with Crippen molar-refractivity contribution in [2.75, 3.05) is 14.2 Å². The lowest BCUT2D eigenvalue weighted by atomic mass is 9.73. The lowest BCUT2D eigenvalue weighted by molar-refractivity contribution is -0.190. The molecule has 0 N–H and O–H groups in total. The van der Waals surface area contributed by atoms with Crippen molar-refractivity contribution in [3.05, 3.63) is 0 Å². The average Bonchev–Trinajstić information content (AvgIpc) is 2.37. The van der Waals surface area contributed by atoms with Crippen LogP contribution >= 0.6 is 0 Å². The zero-order chi connectivity index (χ0) is 15.8. The average molecular weight is 286 g/mol. The topological polar surface area (TPSA) is 18.5 Å². The summed E-state index contributed by atoms with van der Waals surface area (Å²) in [6.07, 6.45) is 6.37. The minimum Gasteiger partial charge on any atom is -0.355 e. The van der Waals surface area contributed by atoms with Gasteiger partial charge in [0.1, 0.15) is 0 Å². The maximum atomic E-state index is 5.55. The van der Waals surface area contributed by atoms with Crippen molar-refractivity contribution >= 4 is 0 Å². The second-order valence-corrected chi connectivity index (χ2v) is 7.43. The van der Waals surface area contributed by atoms with Crippen molar-refractivity contribution < 1.29 is 9.47 Å². The Kier molecular flexibility index (Phi) is 9.74. The number of rotatable bonds is 11. The van der Waals surface area contributed by atoms with E-state index in [0.717, 1.165) is 11.8 Å². The van der Waals surface area contributed by atoms with E-state index in [0.29, 0.717) is 5.92 Å². The number of hydrogen-bond acceptors (Lipinski definition) is 2. The van der Waals surface area contributed by atoms with E-state index in [-0.39, 0.29) is 11.7 Å². The van der Waals surface area contributed by atoms with Gasteiger partial charge in [0.15, 0.2) is 6.29 Å². The standard InChI is InChI=1S/C18H38O2/c1-14(2)10-9-11-16(5)12-13-18(6,15(3)4)17(19-7)20-8/h14-17H,9-13H2,1-8H3. The molecular formula is C18H38O2. The maximum Gasteiger partial charge on any atom is 0.162 e. The monoisotopic (exact) mass is 286 g/mol. The van der Waals surface area contributed by atoms with Crippen molar-refractivity contribution in [2.45, 2.75) is 79.9 Å². The van der Waals surface area contributed by atoms with Crippen LogP contribution in [0, 0.1) is 23.2 Å². The molecule has 0 saturated carbocycles. The Balaban J connectivity index is 4.33. The molecule has 0 aliphatic carbocycles. The van der Waals surface area contributed by atoms with Crippen LogP contribution in [0.4, 0.5) is 0 Å². The van der Waals surface area contributed by atoms with Gasteiger partial charge in [-0.1, -0.05) is 60.8 Å². The number of methoxy groups -OCH3 is 2. The van der Waals surface area contributed by atoms with Gasteiger partial charge in [-0.15, -0.1) is 0 Å². The fourth-order valence-corrected chi connectivity index (χ4v) is 2.89. The van der Waals surface area contributed by atoms with Crippen molar-refractivity contribution in [2.24, 2.45) is 23.2 Å². The molecule has 0 heterocycles. The zero-order valence-electron chi connectivity index (χ0n) is 15.2. The third kappa shape index (κ3) is 6.58. The van der Waals surface area contributed by atoms with Gasteiger partial charge in [0.2, 0.25) is 0 Å². The van der Waals surface area contributed by atoms with Crippen LogP contribution in [0.3, 0.4) is 0 Å². The molecule has 0 rings (SSSR count). The summed E-state index contributed by atoms with van der Waals surface area (Å²) in [5.41, 5.74) is 0.0931. The van der Waals surface area contributed by atoms with Gasteiger partial charge in [-0.05, 0) is 30.6 Å². The van der Waals surface area contributed by atoms with Crippen LogP contribution in [-0.4, -0.2) is 20.5 Å². The molecule has 122 valence electrons. The van der Waals surface area contributed by atoms with E-state index >= 15 is 0 Å². The highest BCUT2D eigenvalue weighted by Crippen LogP contribution is 2.39. The molecule has 0 radical (unpaired) electrons. The predicted molar refractivity (Wildman–Crippen MR) is 87.8 cm³/mol. The highest BCUT2D eigenvalue weighted by molar-refractivity contribution is 4.82. The van der Waals surface area contributed by atoms with Gasteiger partial charge in [-0.3, -0.25) is 0 Å². The molecule has 0 aromatic rings. The van der Waals surface area contributed by atoms with Crippen LogP contribution in [0.25, 0.3) is 0 Å². The molecule has 0 saturated heterocycles. The molecule has 2 heteroatoms. The summed E-state index contributed by atoms with van der Waals surface area (Å²) in [6, 6.07) is 0. The summed E-state index contributed by atoms with van der Waals surface area (Å²) < 4.78 is 11.1. The number of hydrogen-bond donors (Lipinski definition) is 0. The van der Waals surface area contributed by atoms with E-state index in [1.165, 1.54) is 32.1 Å². The largest absolute Gasteiger partial charge is 0.355 e. The van der Waals surface area contributed by atoms with Crippen LogP contribution in [0.5, 0.6) is 0 Å². The van der Waals surface area contributed by atoms with E-state index in [4.69, 9.17) is 9.47 Å². The quantitative estimate of drug-likeness (QED) is 0.466. The van der Waals surface area contributed by atoms with Crippen molar-refractivity contribution in [3.63, 3.8) is 0 Å². The highest BCUT2D eigenvalue weighted by atomic mass is 16.7. The molecule has 2 atom stereocenters. The van der Waals surface area contributed by atoms with Crippen molar-refractivity contribution in [1.82, 2.24) is 0 Å². The van der Waals surface area contributed by atoms with Gasteiger partial charge in [-0.25, -0.2) is 0 Å². The molecule has 0 spiro atoms. The fourth-order valence-electron chi connectivity index (χ4n) is 2.89. The maximum absolute atomic E-state index is 5.55. The second-order valence-electron chi connectivity index (χ2n) is 7.43. The van der Waals surface area contributed by atoms with Crippen LogP contribution in [-0.2, 0) is 9.47 Å². The minimum atomic E-state index is -0.106. The lowest BCUT2D eigenvalue weighted by Crippen LogP contribution is -2.40. The van der Waals surface area contributed by atoms with Crippen molar-refractivity contribution in [1.29, 1.82) is 0 Å². The first-order chi connectivity index (χ1) is 9.27. The van der Waals surface area contributed by atoms with Gasteiger partial charge in [0, 0.05) is 19.6 Å². The smallest absolute Gasteiger partial charge is 0.162 e. The summed E-state index contributed by atoms with van der Waals surface area (Å²) in [7, 11) is 3.50. The summed E-state index contributed by atoms with van der Waals surface area (Å²) in [6.45, 7) is 13.8. The van der Waals surface area contributed by atoms with E-state index in [1.807, 2.05) is 0 Å². The Morgan fingerprint density at radius 3 is 1.80 bits per heavy atom. The molecular weight excluding hydrogens is 248 g/mol. The summed E-state index contributed by atoms with van der Waals surface area (Å²) in [5.74, 6) is 2.17. The number of ether oxygens (including phenoxy) is 2. The Morgan fingerprint density at radius 1 is 0.850 bits per heavy atom.